The Balaban J connectivity index is 1.67. The van der Waals surface area contributed by atoms with Gasteiger partial charge in [0, 0.05) is 32.7 Å². The molecule has 3 aromatic rings. The minimum Gasteiger partial charge on any atom is -0.374 e. The van der Waals surface area contributed by atoms with Crippen molar-refractivity contribution in [2.45, 2.75) is 38.3 Å². The Morgan fingerprint density at radius 2 is 2.20 bits per heavy atom. The van der Waals surface area contributed by atoms with Crippen LogP contribution in [0.25, 0.3) is 16.7 Å². The fourth-order valence-electron chi connectivity index (χ4n) is 4.07. The first-order valence-electron chi connectivity index (χ1n) is 9.70. The Morgan fingerprint density at radius 3 is 2.87 bits per heavy atom. The second-order valence-corrected chi connectivity index (χ2v) is 7.77. The van der Waals surface area contributed by atoms with Crippen molar-refractivity contribution in [1.82, 2.24) is 19.7 Å². The number of anilines is 2. The van der Waals surface area contributed by atoms with Gasteiger partial charge in [-0.2, -0.15) is 8.78 Å². The minimum atomic E-state index is -3.07. The van der Waals surface area contributed by atoms with Crippen LogP contribution in [0, 0.1) is 0 Å². The number of alkyl halides is 2. The van der Waals surface area contributed by atoms with Gasteiger partial charge in [-0.1, -0.05) is 6.07 Å². The molecule has 8 nitrogen and oxygen atoms in total. The van der Waals surface area contributed by atoms with Gasteiger partial charge < -0.3 is 15.0 Å². The molecule has 156 valence electrons. The minimum absolute atomic E-state index is 0.169. The first kappa shape index (κ1) is 18.9. The van der Waals surface area contributed by atoms with E-state index >= 15 is 0 Å². The number of carbonyl (C=O) groups is 1. The second-order valence-electron chi connectivity index (χ2n) is 7.77. The molecule has 2 unspecified atom stereocenters. The lowest BCUT2D eigenvalue weighted by atomic mass is 10.2. The Kier molecular flexibility index (Phi) is 4.21. The third kappa shape index (κ3) is 3.17. The predicted molar refractivity (Wildman–Crippen MR) is 106 cm³/mol. The van der Waals surface area contributed by atoms with E-state index < -0.39 is 5.92 Å². The van der Waals surface area contributed by atoms with Crippen molar-refractivity contribution >= 4 is 28.4 Å². The van der Waals surface area contributed by atoms with Crippen LogP contribution in [0.2, 0.25) is 0 Å². The van der Waals surface area contributed by atoms with Crippen LogP contribution in [0.3, 0.4) is 0 Å². The molecule has 0 spiro atoms. The zero-order chi connectivity index (χ0) is 21.0. The summed E-state index contributed by atoms with van der Waals surface area (Å²) < 4.78 is 34.9. The predicted octanol–water partition coefficient (Wildman–Crippen LogP) is 2.86. The first-order valence-corrected chi connectivity index (χ1v) is 9.70. The fraction of sp³-hybridized carbons (Fsp3) is 0.400. The number of rotatable bonds is 4. The number of nitrogens with one attached hydrogen (secondary N) is 1. The van der Waals surface area contributed by atoms with Gasteiger partial charge in [0.15, 0.2) is 11.6 Å². The van der Waals surface area contributed by atoms with Crippen LogP contribution in [0.5, 0.6) is 0 Å². The van der Waals surface area contributed by atoms with E-state index in [0.717, 1.165) is 18.7 Å². The normalized spacial score (nSPS) is 20.9. The molecule has 5 heterocycles. The van der Waals surface area contributed by atoms with Gasteiger partial charge >= 0.3 is 0 Å². The summed E-state index contributed by atoms with van der Waals surface area (Å²) in [4.78, 5) is 22.1. The van der Waals surface area contributed by atoms with E-state index in [1.165, 1.54) is 23.7 Å². The zero-order valence-corrected chi connectivity index (χ0v) is 16.5. The number of fused-ring (bicyclic) bond motifs is 3. The lowest BCUT2D eigenvalue weighted by Crippen LogP contribution is -2.37. The molecule has 2 aliphatic rings. The maximum atomic E-state index is 13.9. The molecule has 2 bridgehead atoms. The summed E-state index contributed by atoms with van der Waals surface area (Å²) in [5.41, 5.74) is 0.284. The number of ether oxygens (including phenoxy) is 1. The average Bonchev–Trinajstić information content (AvgIpc) is 3.40. The van der Waals surface area contributed by atoms with Crippen molar-refractivity contribution in [3.63, 3.8) is 0 Å². The lowest BCUT2D eigenvalue weighted by Gasteiger charge is -2.26. The molecule has 2 saturated heterocycles. The highest BCUT2D eigenvalue weighted by molar-refractivity contribution is 5.95. The average molecular weight is 414 g/mol. The molecule has 10 heteroatoms. The molecule has 1 amide bonds. The fourth-order valence-corrected chi connectivity index (χ4v) is 4.07. The summed E-state index contributed by atoms with van der Waals surface area (Å²) in [7, 11) is 0. The molecule has 1 N–H and O–H groups in total. The quantitative estimate of drug-likeness (QED) is 0.707. The van der Waals surface area contributed by atoms with Crippen molar-refractivity contribution < 1.29 is 18.3 Å². The second kappa shape index (κ2) is 6.69. The third-order valence-electron chi connectivity index (χ3n) is 5.42. The molecule has 2 aliphatic heterocycles. The van der Waals surface area contributed by atoms with Crippen LogP contribution in [0.1, 0.15) is 26.0 Å². The first-order chi connectivity index (χ1) is 14.3. The Morgan fingerprint density at radius 1 is 1.37 bits per heavy atom. The van der Waals surface area contributed by atoms with Gasteiger partial charge in [-0.15, -0.1) is 5.10 Å². The summed E-state index contributed by atoms with van der Waals surface area (Å²) in [5.74, 6) is -2.00. The van der Waals surface area contributed by atoms with E-state index in [4.69, 9.17) is 9.84 Å². The molecule has 0 aliphatic carbocycles. The van der Waals surface area contributed by atoms with Gasteiger partial charge in [0.2, 0.25) is 5.91 Å². The van der Waals surface area contributed by atoms with E-state index in [0.29, 0.717) is 30.3 Å². The highest BCUT2D eigenvalue weighted by Crippen LogP contribution is 2.37. The van der Waals surface area contributed by atoms with Crippen molar-refractivity contribution in [2.24, 2.45) is 0 Å². The summed E-state index contributed by atoms with van der Waals surface area (Å²) in [5, 5.41) is 8.14. The van der Waals surface area contributed by atoms with Gasteiger partial charge in [0.25, 0.3) is 5.92 Å². The molecular weight excluding hydrogens is 394 g/mol. The number of hydrogen-bond acceptors (Lipinski definition) is 6. The maximum Gasteiger partial charge on any atom is 0.287 e. The van der Waals surface area contributed by atoms with Crippen LogP contribution in [-0.4, -0.2) is 51.0 Å². The molecular formula is C20H20F2N6O2. The number of amides is 1. The third-order valence-corrected chi connectivity index (χ3v) is 5.42. The maximum absolute atomic E-state index is 13.9. The largest absolute Gasteiger partial charge is 0.374 e. The molecule has 2 atom stereocenters. The number of nitrogens with zero attached hydrogens (tertiary/aromatic N) is 5. The molecule has 30 heavy (non-hydrogen) atoms. The van der Waals surface area contributed by atoms with E-state index in [2.05, 4.69) is 20.2 Å². The van der Waals surface area contributed by atoms with Gasteiger partial charge in [0.1, 0.15) is 11.5 Å². The molecule has 5 rings (SSSR count). The summed E-state index contributed by atoms with van der Waals surface area (Å²) in [6, 6.07) is 6.34. The van der Waals surface area contributed by atoms with Gasteiger partial charge in [-0.25, -0.2) is 14.6 Å². The smallest absolute Gasteiger partial charge is 0.287 e. The number of hydrogen-bond donors (Lipinski definition) is 1. The van der Waals surface area contributed by atoms with Gasteiger partial charge in [0.05, 0.1) is 29.7 Å². The molecule has 2 fully saturated rings. The molecule has 3 aromatic heterocycles. The number of halogens is 2. The SMILES string of the molecule is CC(=O)Nc1cc2c(cn1)c(N1CC3CC1CO3)nn2-c1cccc(C(C)(F)F)n1. The van der Waals surface area contributed by atoms with E-state index in [9.17, 15) is 13.6 Å². The number of aromatic nitrogens is 4. The summed E-state index contributed by atoms with van der Waals surface area (Å²) >= 11 is 0. The lowest BCUT2D eigenvalue weighted by molar-refractivity contribution is -0.114. The summed E-state index contributed by atoms with van der Waals surface area (Å²) in [6.45, 7) is 3.55. The van der Waals surface area contributed by atoms with E-state index in [1.54, 1.807) is 18.3 Å². The number of pyridine rings is 2. The van der Waals surface area contributed by atoms with Crippen LogP contribution in [-0.2, 0) is 15.5 Å². The Bertz CT molecular complexity index is 1140. The van der Waals surface area contributed by atoms with Crippen LogP contribution >= 0.6 is 0 Å². The standard InChI is InChI=1S/C20H20F2N6O2/c1-11(29)24-17-7-15-14(8-23-17)19(27-9-13-6-12(27)10-30-13)26-28(15)18-5-3-4-16(25-18)20(2,21)22/h3-5,7-8,12-13H,6,9-10H2,1-2H3,(H,23,24,29). The Hall–Kier alpha value is -3.14. The van der Waals surface area contributed by atoms with E-state index in [1.807, 2.05) is 0 Å². The monoisotopic (exact) mass is 414 g/mol. The van der Waals surface area contributed by atoms with Crippen LogP contribution in [0.4, 0.5) is 20.4 Å². The van der Waals surface area contributed by atoms with Crippen LogP contribution in [0.15, 0.2) is 30.5 Å². The molecule has 0 saturated carbocycles. The van der Waals surface area contributed by atoms with Crippen molar-refractivity contribution in [3.05, 3.63) is 36.2 Å². The van der Waals surface area contributed by atoms with Gasteiger partial charge in [-0.3, -0.25) is 4.79 Å². The van der Waals surface area contributed by atoms with Gasteiger partial charge in [-0.05, 0) is 18.6 Å². The van der Waals surface area contributed by atoms with Crippen LogP contribution < -0.4 is 10.2 Å². The van der Waals surface area contributed by atoms with Crippen molar-refractivity contribution in [2.75, 3.05) is 23.4 Å². The summed E-state index contributed by atoms with van der Waals surface area (Å²) in [6.07, 6.45) is 2.74. The van der Waals surface area contributed by atoms with Crippen molar-refractivity contribution in [3.8, 4) is 5.82 Å². The topological polar surface area (TPSA) is 85.2 Å². The van der Waals surface area contributed by atoms with E-state index in [-0.39, 0.29) is 29.6 Å². The number of carbonyl (C=O) groups excluding carboxylic acids is 1. The van der Waals surface area contributed by atoms with Crippen molar-refractivity contribution in [1.29, 1.82) is 0 Å². The molecule has 0 radical (unpaired) electrons. The molecule has 0 aromatic carbocycles. The number of morpholine rings is 1. The highest BCUT2D eigenvalue weighted by Gasteiger charge is 2.41. The highest BCUT2D eigenvalue weighted by atomic mass is 19.3. The Labute approximate surface area is 170 Å². The zero-order valence-electron chi connectivity index (χ0n) is 16.5.